The van der Waals surface area contributed by atoms with Crippen LogP contribution in [0.15, 0.2) is 79.1 Å². The summed E-state index contributed by atoms with van der Waals surface area (Å²) in [6.07, 6.45) is 2.03. The van der Waals surface area contributed by atoms with E-state index in [-0.39, 0.29) is 12.5 Å². The number of nitrogens with one attached hydrogen (secondary N) is 1. The molecule has 4 aromatic rings. The molecule has 0 saturated carbocycles. The highest BCUT2D eigenvalue weighted by Gasteiger charge is 2.18. The van der Waals surface area contributed by atoms with Crippen molar-refractivity contribution in [3.63, 3.8) is 0 Å². The molecule has 140 valence electrons. The zero-order chi connectivity index (χ0) is 19.5. The van der Waals surface area contributed by atoms with Crippen LogP contribution in [0.3, 0.4) is 0 Å². The number of amides is 1. The van der Waals surface area contributed by atoms with Crippen LogP contribution in [0.25, 0.3) is 11.0 Å². The molecule has 0 aliphatic heterocycles. The van der Waals surface area contributed by atoms with Crippen LogP contribution in [-0.4, -0.2) is 10.5 Å². The van der Waals surface area contributed by atoms with Gasteiger partial charge in [-0.2, -0.15) is 0 Å². The van der Waals surface area contributed by atoms with Crippen molar-refractivity contribution in [3.8, 4) is 0 Å². The van der Waals surface area contributed by atoms with Gasteiger partial charge in [-0.25, -0.2) is 9.13 Å². The summed E-state index contributed by atoms with van der Waals surface area (Å²) in [5.74, 6) is -0.0231. The minimum Gasteiger partial charge on any atom is -0.322 e. The number of imidazole rings is 1. The summed E-state index contributed by atoms with van der Waals surface area (Å²) in [6.45, 7) is 5.08. The van der Waals surface area contributed by atoms with Crippen molar-refractivity contribution in [2.45, 2.75) is 26.9 Å². The van der Waals surface area contributed by atoms with Crippen molar-refractivity contribution in [1.29, 1.82) is 0 Å². The summed E-state index contributed by atoms with van der Waals surface area (Å²) in [6, 6.07) is 24.6. The molecule has 4 nitrogen and oxygen atoms in total. The van der Waals surface area contributed by atoms with Crippen LogP contribution in [0.2, 0.25) is 0 Å². The first-order chi connectivity index (χ1) is 13.6. The lowest BCUT2D eigenvalue weighted by Crippen LogP contribution is -2.33. The van der Waals surface area contributed by atoms with Crippen LogP contribution >= 0.6 is 0 Å². The smallest absolute Gasteiger partial charge is 0.266 e. The number of benzene rings is 3. The van der Waals surface area contributed by atoms with Gasteiger partial charge in [0, 0.05) is 5.69 Å². The Kier molecular flexibility index (Phi) is 4.94. The molecule has 4 rings (SSSR count). The van der Waals surface area contributed by atoms with E-state index in [1.807, 2.05) is 73.3 Å². The van der Waals surface area contributed by atoms with E-state index in [0.29, 0.717) is 0 Å². The van der Waals surface area contributed by atoms with Gasteiger partial charge in [-0.3, -0.25) is 4.79 Å². The lowest BCUT2D eigenvalue weighted by molar-refractivity contribution is -0.663. The van der Waals surface area contributed by atoms with Crippen LogP contribution in [0, 0.1) is 13.8 Å². The van der Waals surface area contributed by atoms with Gasteiger partial charge in [-0.15, -0.1) is 0 Å². The lowest BCUT2D eigenvalue weighted by atomic mass is 10.1. The molecule has 0 aliphatic carbocycles. The average Bonchev–Trinajstić information content (AvgIpc) is 3.03. The van der Waals surface area contributed by atoms with Gasteiger partial charge in [0.25, 0.3) is 5.91 Å². The number of aromatic nitrogens is 2. The molecule has 1 amide bonds. The number of fused-ring (bicyclic) bond motifs is 1. The number of carbonyl (C=O) groups is 1. The number of carbonyl (C=O) groups excluding carboxylic acids is 1. The average molecular weight is 370 g/mol. The van der Waals surface area contributed by atoms with E-state index in [2.05, 4.69) is 34.1 Å². The third kappa shape index (κ3) is 3.67. The van der Waals surface area contributed by atoms with Crippen molar-refractivity contribution in [3.05, 3.63) is 95.8 Å². The molecular formula is C24H24N3O+. The van der Waals surface area contributed by atoms with Gasteiger partial charge < -0.3 is 5.32 Å². The lowest BCUT2D eigenvalue weighted by Gasteiger charge is -2.10. The molecule has 1 heterocycles. The number of para-hydroxylation sites is 3. The van der Waals surface area contributed by atoms with Gasteiger partial charge in [0.2, 0.25) is 6.33 Å². The normalized spacial score (nSPS) is 10.9. The fraction of sp³-hybridized carbons (Fsp3) is 0.167. The van der Waals surface area contributed by atoms with Crippen molar-refractivity contribution >= 4 is 22.6 Å². The minimum atomic E-state index is -0.0231. The maximum Gasteiger partial charge on any atom is 0.266 e. The van der Waals surface area contributed by atoms with Crippen LogP contribution in [0.5, 0.6) is 0 Å². The quantitative estimate of drug-likeness (QED) is 0.525. The standard InChI is InChI=1S/C24H23N3O/c1-18-9-8-10-19(2)24(18)25-23(28)16-27-17-26(15-20-11-4-3-5-12-20)21-13-6-7-14-22(21)27/h3-14,17H,15-16H2,1-2H3/p+1. The summed E-state index contributed by atoms with van der Waals surface area (Å²) < 4.78 is 4.21. The number of anilines is 1. The van der Waals surface area contributed by atoms with Crippen molar-refractivity contribution in [2.24, 2.45) is 0 Å². The molecule has 28 heavy (non-hydrogen) atoms. The molecule has 0 bridgehead atoms. The molecule has 0 unspecified atom stereocenters. The summed E-state index contributed by atoms with van der Waals surface area (Å²) in [4.78, 5) is 12.8. The van der Waals surface area contributed by atoms with Gasteiger partial charge in [-0.1, -0.05) is 60.7 Å². The van der Waals surface area contributed by atoms with E-state index in [9.17, 15) is 4.79 Å². The van der Waals surface area contributed by atoms with E-state index in [4.69, 9.17) is 0 Å². The first-order valence-corrected chi connectivity index (χ1v) is 9.49. The number of aryl methyl sites for hydroxylation is 2. The molecular weight excluding hydrogens is 346 g/mol. The van der Waals surface area contributed by atoms with E-state index in [0.717, 1.165) is 34.4 Å². The van der Waals surface area contributed by atoms with E-state index in [1.54, 1.807) is 0 Å². The van der Waals surface area contributed by atoms with E-state index in [1.165, 1.54) is 5.56 Å². The van der Waals surface area contributed by atoms with Crippen molar-refractivity contribution in [2.75, 3.05) is 5.32 Å². The first kappa shape index (κ1) is 18.0. The van der Waals surface area contributed by atoms with Gasteiger partial charge in [0.1, 0.15) is 6.54 Å². The Morgan fingerprint density at radius 3 is 2.32 bits per heavy atom. The molecule has 3 aromatic carbocycles. The number of rotatable bonds is 5. The highest BCUT2D eigenvalue weighted by molar-refractivity contribution is 5.92. The Balaban J connectivity index is 1.61. The maximum atomic E-state index is 12.8. The molecule has 1 aromatic heterocycles. The third-order valence-corrected chi connectivity index (χ3v) is 5.03. The highest BCUT2D eigenvalue weighted by atomic mass is 16.1. The summed E-state index contributed by atoms with van der Waals surface area (Å²) in [7, 11) is 0. The fourth-order valence-corrected chi connectivity index (χ4v) is 3.62. The molecule has 0 spiro atoms. The molecule has 0 fully saturated rings. The molecule has 0 aliphatic rings. The SMILES string of the molecule is Cc1cccc(C)c1NC(=O)Cn1c[n+](Cc2ccccc2)c2ccccc21. The molecule has 1 N–H and O–H groups in total. The Labute approximate surface area is 165 Å². The monoisotopic (exact) mass is 370 g/mol. The molecule has 0 saturated heterocycles. The topological polar surface area (TPSA) is 37.9 Å². The first-order valence-electron chi connectivity index (χ1n) is 9.49. The van der Waals surface area contributed by atoms with E-state index >= 15 is 0 Å². The largest absolute Gasteiger partial charge is 0.322 e. The van der Waals surface area contributed by atoms with Crippen LogP contribution in [0.1, 0.15) is 16.7 Å². The number of nitrogens with zero attached hydrogens (tertiary/aromatic N) is 2. The summed E-state index contributed by atoms with van der Waals surface area (Å²) in [5.41, 5.74) is 6.45. The Bertz CT molecular complexity index is 1110. The number of hydrogen-bond donors (Lipinski definition) is 1. The van der Waals surface area contributed by atoms with Crippen LogP contribution in [-0.2, 0) is 17.9 Å². The molecule has 4 heteroatoms. The Morgan fingerprint density at radius 2 is 1.57 bits per heavy atom. The molecule has 0 radical (unpaired) electrons. The zero-order valence-corrected chi connectivity index (χ0v) is 16.2. The van der Waals surface area contributed by atoms with Gasteiger partial charge in [0.05, 0.1) is 0 Å². The Morgan fingerprint density at radius 1 is 0.893 bits per heavy atom. The van der Waals surface area contributed by atoms with E-state index < -0.39 is 0 Å². The highest BCUT2D eigenvalue weighted by Crippen LogP contribution is 2.20. The maximum absolute atomic E-state index is 12.8. The van der Waals surface area contributed by atoms with Crippen molar-refractivity contribution in [1.82, 2.24) is 4.57 Å². The third-order valence-electron chi connectivity index (χ3n) is 5.03. The summed E-state index contributed by atoms with van der Waals surface area (Å²) in [5, 5.41) is 3.08. The van der Waals surface area contributed by atoms with Gasteiger partial charge in [0.15, 0.2) is 17.6 Å². The van der Waals surface area contributed by atoms with Crippen LogP contribution in [0.4, 0.5) is 5.69 Å². The van der Waals surface area contributed by atoms with Crippen molar-refractivity contribution < 1.29 is 9.36 Å². The van der Waals surface area contributed by atoms with Crippen LogP contribution < -0.4 is 9.88 Å². The second-order valence-corrected chi connectivity index (χ2v) is 7.16. The molecule has 0 atom stereocenters. The fourth-order valence-electron chi connectivity index (χ4n) is 3.62. The minimum absolute atomic E-state index is 0.0231. The second-order valence-electron chi connectivity index (χ2n) is 7.16. The second kappa shape index (κ2) is 7.69. The number of hydrogen-bond acceptors (Lipinski definition) is 1. The van der Waals surface area contributed by atoms with Gasteiger partial charge in [-0.05, 0) is 42.7 Å². The zero-order valence-electron chi connectivity index (χ0n) is 16.2. The van der Waals surface area contributed by atoms with Gasteiger partial charge >= 0.3 is 0 Å². The Hall–Kier alpha value is -3.40. The predicted octanol–water partition coefficient (Wildman–Crippen LogP) is 4.23. The summed E-state index contributed by atoms with van der Waals surface area (Å²) >= 11 is 0. The predicted molar refractivity (Wildman–Crippen MR) is 112 cm³/mol.